The summed E-state index contributed by atoms with van der Waals surface area (Å²) in [5.41, 5.74) is 1.90. The van der Waals surface area contributed by atoms with E-state index in [1.54, 1.807) is 54.6 Å². The number of carbonyl (C=O) groups excluding carboxylic acids is 2. The maximum atomic E-state index is 12.3. The predicted molar refractivity (Wildman–Crippen MR) is 112 cm³/mol. The monoisotopic (exact) mass is 405 g/mol. The van der Waals surface area contributed by atoms with Crippen LogP contribution in [0.1, 0.15) is 27.5 Å². The number of rotatable bonds is 8. The molecule has 2 atom stereocenters. The Morgan fingerprint density at radius 2 is 1.37 bits per heavy atom. The van der Waals surface area contributed by atoms with Gasteiger partial charge in [-0.3, -0.25) is 0 Å². The minimum absolute atomic E-state index is 0.104. The SMILES string of the molecule is O=C(NC(c1ccccc1)C(O)COC(=O)c1ccccc1)OCc1ccccc1. The second-order valence-corrected chi connectivity index (χ2v) is 6.63. The molecule has 0 fully saturated rings. The number of hydrogen-bond acceptors (Lipinski definition) is 5. The molecule has 1 amide bonds. The Balaban J connectivity index is 1.61. The van der Waals surface area contributed by atoms with Gasteiger partial charge in [-0.1, -0.05) is 78.9 Å². The average Bonchev–Trinajstić information content (AvgIpc) is 2.81. The quantitative estimate of drug-likeness (QED) is 0.556. The molecule has 0 radical (unpaired) electrons. The van der Waals surface area contributed by atoms with E-state index in [0.717, 1.165) is 5.56 Å². The van der Waals surface area contributed by atoms with Crippen LogP contribution < -0.4 is 5.32 Å². The zero-order valence-electron chi connectivity index (χ0n) is 16.3. The van der Waals surface area contributed by atoms with Crippen molar-refractivity contribution in [3.63, 3.8) is 0 Å². The van der Waals surface area contributed by atoms with Crippen LogP contribution in [0.4, 0.5) is 4.79 Å². The molecule has 3 aromatic carbocycles. The van der Waals surface area contributed by atoms with Gasteiger partial charge in [0.25, 0.3) is 0 Å². The van der Waals surface area contributed by atoms with Crippen molar-refractivity contribution in [2.75, 3.05) is 6.61 Å². The van der Waals surface area contributed by atoms with Gasteiger partial charge in [0.05, 0.1) is 11.6 Å². The Bertz CT molecular complexity index is 932. The van der Waals surface area contributed by atoms with Crippen LogP contribution in [0.15, 0.2) is 91.0 Å². The van der Waals surface area contributed by atoms with Gasteiger partial charge in [-0.15, -0.1) is 0 Å². The standard InChI is InChI=1S/C24H23NO5/c26-21(17-29-23(27)20-14-8-3-9-15-20)22(19-12-6-2-7-13-19)25-24(28)30-16-18-10-4-1-5-11-18/h1-15,21-22,26H,16-17H2,(H,25,28). The molecule has 2 N–H and O–H groups in total. The van der Waals surface area contributed by atoms with Crippen molar-refractivity contribution in [3.05, 3.63) is 108 Å². The Labute approximate surface area is 175 Å². The van der Waals surface area contributed by atoms with Gasteiger partial charge in [-0.25, -0.2) is 9.59 Å². The highest BCUT2D eigenvalue weighted by Gasteiger charge is 2.25. The first-order valence-electron chi connectivity index (χ1n) is 9.56. The van der Waals surface area contributed by atoms with Gasteiger partial charge in [0.2, 0.25) is 0 Å². The number of ether oxygens (including phenoxy) is 2. The molecular weight excluding hydrogens is 382 g/mol. The van der Waals surface area contributed by atoms with E-state index in [1.165, 1.54) is 0 Å². The van der Waals surface area contributed by atoms with Crippen LogP contribution in [0.25, 0.3) is 0 Å². The molecule has 2 unspecified atom stereocenters. The van der Waals surface area contributed by atoms with Gasteiger partial charge >= 0.3 is 12.1 Å². The lowest BCUT2D eigenvalue weighted by Crippen LogP contribution is -2.39. The number of aliphatic hydroxyl groups excluding tert-OH is 1. The Morgan fingerprint density at radius 1 is 0.800 bits per heavy atom. The van der Waals surface area contributed by atoms with E-state index in [4.69, 9.17) is 9.47 Å². The minimum Gasteiger partial charge on any atom is -0.459 e. The summed E-state index contributed by atoms with van der Waals surface area (Å²) in [5, 5.41) is 13.3. The molecule has 0 aliphatic heterocycles. The second-order valence-electron chi connectivity index (χ2n) is 6.63. The van der Waals surface area contributed by atoms with Crippen molar-refractivity contribution in [2.45, 2.75) is 18.8 Å². The third-order valence-corrected chi connectivity index (χ3v) is 4.42. The van der Waals surface area contributed by atoms with E-state index in [0.29, 0.717) is 11.1 Å². The molecule has 0 bridgehead atoms. The van der Waals surface area contributed by atoms with Gasteiger partial charge in [-0.2, -0.15) is 0 Å². The van der Waals surface area contributed by atoms with E-state index in [9.17, 15) is 14.7 Å². The fourth-order valence-electron chi connectivity index (χ4n) is 2.87. The number of nitrogens with one attached hydrogen (secondary N) is 1. The van der Waals surface area contributed by atoms with Gasteiger partial charge in [0, 0.05) is 0 Å². The van der Waals surface area contributed by atoms with E-state index in [1.807, 2.05) is 36.4 Å². The van der Waals surface area contributed by atoms with Crippen LogP contribution in [0.5, 0.6) is 0 Å². The summed E-state index contributed by atoms with van der Waals surface area (Å²) in [5.74, 6) is -0.548. The summed E-state index contributed by atoms with van der Waals surface area (Å²) in [7, 11) is 0. The zero-order valence-corrected chi connectivity index (χ0v) is 16.3. The van der Waals surface area contributed by atoms with E-state index in [2.05, 4.69) is 5.32 Å². The topological polar surface area (TPSA) is 84.9 Å². The van der Waals surface area contributed by atoms with Crippen molar-refractivity contribution in [1.82, 2.24) is 5.32 Å². The highest BCUT2D eigenvalue weighted by molar-refractivity contribution is 5.89. The average molecular weight is 405 g/mol. The van der Waals surface area contributed by atoms with Gasteiger partial charge in [0.1, 0.15) is 19.3 Å². The van der Waals surface area contributed by atoms with Gasteiger partial charge < -0.3 is 19.9 Å². The molecule has 0 spiro atoms. The Kier molecular flexibility index (Phi) is 7.58. The highest BCUT2D eigenvalue weighted by Crippen LogP contribution is 2.18. The first kappa shape index (κ1) is 21.1. The summed E-state index contributed by atoms with van der Waals surface area (Å²) < 4.78 is 10.5. The molecule has 3 rings (SSSR count). The number of alkyl carbamates (subject to hydrolysis) is 1. The molecule has 0 saturated carbocycles. The van der Waals surface area contributed by atoms with Crippen molar-refractivity contribution in [3.8, 4) is 0 Å². The van der Waals surface area contributed by atoms with Crippen LogP contribution in [0.3, 0.4) is 0 Å². The maximum absolute atomic E-state index is 12.3. The van der Waals surface area contributed by atoms with E-state index in [-0.39, 0.29) is 13.2 Å². The molecule has 0 aliphatic carbocycles. The van der Waals surface area contributed by atoms with Crippen LogP contribution in [-0.4, -0.2) is 29.9 Å². The number of hydrogen-bond donors (Lipinski definition) is 2. The van der Waals surface area contributed by atoms with Crippen molar-refractivity contribution in [1.29, 1.82) is 0 Å². The lowest BCUT2D eigenvalue weighted by atomic mass is 10.0. The molecular formula is C24H23NO5. The lowest BCUT2D eigenvalue weighted by Gasteiger charge is -2.24. The number of carbonyl (C=O) groups is 2. The van der Waals surface area contributed by atoms with Gasteiger partial charge in [0.15, 0.2) is 0 Å². The summed E-state index contributed by atoms with van der Waals surface area (Å²) >= 11 is 0. The molecule has 6 heteroatoms. The van der Waals surface area contributed by atoms with E-state index < -0.39 is 24.2 Å². The number of esters is 1. The van der Waals surface area contributed by atoms with Crippen LogP contribution in [-0.2, 0) is 16.1 Å². The molecule has 0 aliphatic rings. The summed E-state index contributed by atoms with van der Waals surface area (Å²) in [4.78, 5) is 24.5. The molecule has 0 aromatic heterocycles. The van der Waals surface area contributed by atoms with Crippen LogP contribution in [0, 0.1) is 0 Å². The molecule has 3 aromatic rings. The number of amides is 1. The van der Waals surface area contributed by atoms with Crippen molar-refractivity contribution >= 4 is 12.1 Å². The minimum atomic E-state index is -1.16. The molecule has 0 heterocycles. The first-order valence-corrected chi connectivity index (χ1v) is 9.56. The largest absolute Gasteiger partial charge is 0.459 e. The second kappa shape index (κ2) is 10.8. The summed E-state index contributed by atoms with van der Waals surface area (Å²) in [6.45, 7) is -0.181. The van der Waals surface area contributed by atoms with Crippen molar-refractivity contribution in [2.24, 2.45) is 0 Å². The molecule has 30 heavy (non-hydrogen) atoms. The number of benzene rings is 3. The normalized spacial score (nSPS) is 12.4. The first-order chi connectivity index (χ1) is 14.6. The highest BCUT2D eigenvalue weighted by atomic mass is 16.6. The molecule has 0 saturated heterocycles. The predicted octanol–water partition coefficient (Wildman–Crippen LogP) is 3.87. The number of aliphatic hydroxyl groups is 1. The van der Waals surface area contributed by atoms with Crippen LogP contribution >= 0.6 is 0 Å². The Morgan fingerprint density at radius 3 is 2.00 bits per heavy atom. The molecule has 154 valence electrons. The van der Waals surface area contributed by atoms with Crippen molar-refractivity contribution < 1.29 is 24.2 Å². The third kappa shape index (κ3) is 6.18. The smallest absolute Gasteiger partial charge is 0.408 e. The Hall–Kier alpha value is -3.64. The summed E-state index contributed by atoms with van der Waals surface area (Å²) in [6.07, 6.45) is -1.84. The third-order valence-electron chi connectivity index (χ3n) is 4.42. The van der Waals surface area contributed by atoms with Gasteiger partial charge in [-0.05, 0) is 23.3 Å². The molecule has 6 nitrogen and oxygen atoms in total. The lowest BCUT2D eigenvalue weighted by molar-refractivity contribution is 0.0147. The van der Waals surface area contributed by atoms with E-state index >= 15 is 0 Å². The maximum Gasteiger partial charge on any atom is 0.408 e. The summed E-state index contributed by atoms with van der Waals surface area (Å²) in [6, 6.07) is 25.9. The fraction of sp³-hybridized carbons (Fsp3) is 0.167. The van der Waals surface area contributed by atoms with Crippen LogP contribution in [0.2, 0.25) is 0 Å². The zero-order chi connectivity index (χ0) is 21.2. The fourth-order valence-corrected chi connectivity index (χ4v) is 2.87.